The molecular formula is C42H47N3O11. The average molecular weight is 770 g/mol. The fourth-order valence-electron chi connectivity index (χ4n) is 7.07. The molecule has 5 rings (SSSR count). The number of hydrogen-bond acceptors (Lipinski definition) is 11. The number of methoxy groups -OCH3 is 1. The molecule has 0 aromatic heterocycles. The van der Waals surface area contributed by atoms with Crippen LogP contribution in [-0.4, -0.2) is 90.5 Å². The van der Waals surface area contributed by atoms with Crippen molar-refractivity contribution in [3.63, 3.8) is 0 Å². The van der Waals surface area contributed by atoms with Gasteiger partial charge in [0.15, 0.2) is 0 Å². The van der Waals surface area contributed by atoms with E-state index in [1.54, 1.807) is 26.0 Å². The number of nitro groups is 1. The lowest BCUT2D eigenvalue weighted by atomic mass is 9.68. The first kappa shape index (κ1) is 42.6. The Bertz CT molecular complexity index is 1890. The molecule has 1 saturated heterocycles. The zero-order valence-electron chi connectivity index (χ0n) is 31.6. The molecule has 56 heavy (non-hydrogen) atoms. The highest BCUT2D eigenvalue weighted by molar-refractivity contribution is 6.00. The SMILES string of the molecule is COCCOC(=O)C1=C(C)NC(C)=C(C(=O)OCCCN2CCC(c3ccccc3)(c3ccccc3)CC2)C1c1cccc([N+](=O)[O-])c1.O=C(O)/C=C/C(=O)O. The Balaban J connectivity index is 0.000000784. The molecule has 0 radical (unpaired) electrons. The minimum Gasteiger partial charge on any atom is -0.478 e. The monoisotopic (exact) mass is 769 g/mol. The van der Waals surface area contributed by atoms with Gasteiger partial charge in [0.1, 0.15) is 6.61 Å². The Morgan fingerprint density at radius 3 is 1.80 bits per heavy atom. The molecular weight excluding hydrogens is 722 g/mol. The van der Waals surface area contributed by atoms with E-state index in [0.717, 1.165) is 32.5 Å². The molecule has 3 N–H and O–H groups in total. The standard InChI is InChI=1S/C38H43N3O7.C4H4O4/c1-27-33(35(29-12-10-17-32(26-29)41(44)45)34(28(2)39-27)37(43)48-25-24-46-3)36(42)47-23-11-20-40-21-18-38(19-22-40,30-13-6-4-7-14-30)31-15-8-5-9-16-31;5-3(6)1-2-4(7)8/h4-10,12-17,26,35,39H,11,18-25H2,1-3H3;1-2H,(H,5,6)(H,7,8)/b;2-1+. The van der Waals surface area contributed by atoms with Crippen molar-refractivity contribution in [2.75, 3.05) is 46.6 Å². The maximum absolute atomic E-state index is 13.7. The van der Waals surface area contributed by atoms with Crippen molar-refractivity contribution in [1.82, 2.24) is 10.2 Å². The molecule has 0 spiro atoms. The summed E-state index contributed by atoms with van der Waals surface area (Å²) in [4.78, 5) is 59.7. The van der Waals surface area contributed by atoms with Gasteiger partial charge in [-0.1, -0.05) is 72.8 Å². The van der Waals surface area contributed by atoms with Crippen LogP contribution in [0, 0.1) is 10.1 Å². The molecule has 3 aromatic carbocycles. The van der Waals surface area contributed by atoms with Crippen molar-refractivity contribution in [3.05, 3.63) is 146 Å². The molecule has 2 aliphatic rings. The fourth-order valence-corrected chi connectivity index (χ4v) is 7.07. The summed E-state index contributed by atoms with van der Waals surface area (Å²) >= 11 is 0. The van der Waals surface area contributed by atoms with E-state index >= 15 is 0 Å². The maximum atomic E-state index is 13.7. The Hall–Kier alpha value is -6.12. The van der Waals surface area contributed by atoms with Crippen LogP contribution < -0.4 is 5.32 Å². The quantitative estimate of drug-likeness (QED) is 0.0557. The van der Waals surface area contributed by atoms with Crippen LogP contribution in [0.3, 0.4) is 0 Å². The molecule has 0 amide bonds. The van der Waals surface area contributed by atoms with Gasteiger partial charge in [0, 0.05) is 54.7 Å². The number of piperidine rings is 1. The Morgan fingerprint density at radius 2 is 1.32 bits per heavy atom. The molecule has 1 unspecified atom stereocenters. The van der Waals surface area contributed by atoms with E-state index < -0.39 is 34.7 Å². The van der Waals surface area contributed by atoms with Gasteiger partial charge in [-0.2, -0.15) is 0 Å². The number of carboxylic acids is 2. The zero-order valence-corrected chi connectivity index (χ0v) is 31.6. The summed E-state index contributed by atoms with van der Waals surface area (Å²) in [6.07, 6.45) is 3.72. The number of dihydropyridines is 1. The van der Waals surface area contributed by atoms with Gasteiger partial charge in [0.25, 0.3) is 5.69 Å². The van der Waals surface area contributed by atoms with Crippen molar-refractivity contribution < 1.29 is 48.5 Å². The highest BCUT2D eigenvalue weighted by Crippen LogP contribution is 2.42. The number of rotatable bonds is 15. The van der Waals surface area contributed by atoms with E-state index in [9.17, 15) is 29.3 Å². The molecule has 3 aromatic rings. The molecule has 14 nitrogen and oxygen atoms in total. The summed E-state index contributed by atoms with van der Waals surface area (Å²) in [6.45, 7) is 6.46. The number of nitrogens with zero attached hydrogens (tertiary/aromatic N) is 2. The van der Waals surface area contributed by atoms with Crippen molar-refractivity contribution in [3.8, 4) is 0 Å². The zero-order chi connectivity index (χ0) is 40.7. The van der Waals surface area contributed by atoms with Crippen LogP contribution in [0.5, 0.6) is 0 Å². The Labute approximate surface area is 325 Å². The number of carbonyl (C=O) groups excluding carboxylic acids is 2. The summed E-state index contributed by atoms with van der Waals surface area (Å²) in [7, 11) is 1.50. The first-order valence-electron chi connectivity index (χ1n) is 18.1. The highest BCUT2D eigenvalue weighted by Gasteiger charge is 2.39. The lowest BCUT2D eigenvalue weighted by molar-refractivity contribution is -0.384. The molecule has 1 fully saturated rings. The van der Waals surface area contributed by atoms with Crippen LogP contribution in [0.25, 0.3) is 0 Å². The summed E-state index contributed by atoms with van der Waals surface area (Å²) in [6, 6.07) is 27.4. The summed E-state index contributed by atoms with van der Waals surface area (Å²) in [5.41, 5.74) is 4.31. The third-order valence-corrected chi connectivity index (χ3v) is 9.72. The second-order valence-electron chi connectivity index (χ2n) is 13.3. The summed E-state index contributed by atoms with van der Waals surface area (Å²) < 4.78 is 16.3. The van der Waals surface area contributed by atoms with Crippen LogP contribution >= 0.6 is 0 Å². The van der Waals surface area contributed by atoms with Crippen molar-refractivity contribution in [2.45, 2.75) is 44.4 Å². The number of nitrogens with one attached hydrogen (secondary N) is 1. The van der Waals surface area contributed by atoms with Gasteiger partial charge in [-0.15, -0.1) is 0 Å². The topological polar surface area (TPSA) is 195 Å². The van der Waals surface area contributed by atoms with E-state index in [0.29, 0.717) is 35.5 Å². The molecule has 296 valence electrons. The number of nitro benzene ring substituents is 1. The predicted molar refractivity (Wildman–Crippen MR) is 207 cm³/mol. The normalized spacial score (nSPS) is 16.7. The fraction of sp³-hybridized carbons (Fsp3) is 0.333. The highest BCUT2D eigenvalue weighted by atomic mass is 16.6. The Morgan fingerprint density at radius 1 is 0.804 bits per heavy atom. The van der Waals surface area contributed by atoms with Gasteiger partial charge >= 0.3 is 23.9 Å². The number of hydrogen-bond donors (Lipinski definition) is 3. The van der Waals surface area contributed by atoms with Gasteiger partial charge in [-0.25, -0.2) is 19.2 Å². The number of non-ortho nitro benzene ring substituents is 1. The van der Waals surface area contributed by atoms with Crippen LogP contribution in [-0.2, 0) is 38.8 Å². The minimum absolute atomic E-state index is 0.0184. The van der Waals surface area contributed by atoms with Gasteiger partial charge in [-0.05, 0) is 62.9 Å². The predicted octanol–water partition coefficient (Wildman–Crippen LogP) is 5.75. The van der Waals surface area contributed by atoms with Crippen LogP contribution in [0.15, 0.2) is 120 Å². The number of ether oxygens (including phenoxy) is 3. The first-order valence-corrected chi connectivity index (χ1v) is 18.1. The molecule has 2 heterocycles. The number of benzene rings is 3. The van der Waals surface area contributed by atoms with Gasteiger partial charge in [0.05, 0.1) is 35.2 Å². The van der Waals surface area contributed by atoms with E-state index in [4.69, 9.17) is 24.4 Å². The van der Waals surface area contributed by atoms with E-state index in [-0.39, 0.29) is 42.1 Å². The van der Waals surface area contributed by atoms with Crippen LogP contribution in [0.1, 0.15) is 55.7 Å². The van der Waals surface area contributed by atoms with Crippen molar-refractivity contribution in [1.29, 1.82) is 0 Å². The molecule has 2 aliphatic heterocycles. The third kappa shape index (κ3) is 11.2. The average Bonchev–Trinajstić information content (AvgIpc) is 3.19. The maximum Gasteiger partial charge on any atom is 0.336 e. The molecule has 14 heteroatoms. The largest absolute Gasteiger partial charge is 0.478 e. The first-order chi connectivity index (χ1) is 26.9. The van der Waals surface area contributed by atoms with Gasteiger partial charge in [-0.3, -0.25) is 10.1 Å². The van der Waals surface area contributed by atoms with E-state index in [1.165, 1.54) is 30.4 Å². The minimum atomic E-state index is -1.26. The number of carboxylic acid groups (broad SMARTS) is 2. The Kier molecular flexibility index (Phi) is 15.6. The van der Waals surface area contributed by atoms with E-state index in [2.05, 4.69) is 70.9 Å². The second kappa shape index (κ2) is 20.5. The van der Waals surface area contributed by atoms with Crippen molar-refractivity contribution in [2.24, 2.45) is 0 Å². The lowest BCUT2D eigenvalue weighted by Crippen LogP contribution is -2.43. The number of esters is 2. The smallest absolute Gasteiger partial charge is 0.336 e. The second-order valence-corrected chi connectivity index (χ2v) is 13.3. The van der Waals surface area contributed by atoms with E-state index in [1.807, 2.05) is 0 Å². The van der Waals surface area contributed by atoms with Gasteiger partial charge < -0.3 is 34.6 Å². The lowest BCUT2D eigenvalue weighted by Gasteiger charge is -2.43. The third-order valence-electron chi connectivity index (χ3n) is 9.72. The molecule has 0 saturated carbocycles. The van der Waals surface area contributed by atoms with Crippen LogP contribution in [0.4, 0.5) is 5.69 Å². The molecule has 1 atom stereocenters. The van der Waals surface area contributed by atoms with Gasteiger partial charge in [0.2, 0.25) is 0 Å². The summed E-state index contributed by atoms with van der Waals surface area (Å²) in [5.74, 6) is -4.66. The van der Waals surface area contributed by atoms with Crippen molar-refractivity contribution >= 4 is 29.6 Å². The number of allylic oxidation sites excluding steroid dienone is 2. The number of aliphatic carboxylic acids is 2. The molecule has 0 bridgehead atoms. The van der Waals surface area contributed by atoms with Crippen LogP contribution in [0.2, 0.25) is 0 Å². The molecule has 0 aliphatic carbocycles. The number of likely N-dealkylation sites (tertiary alicyclic amines) is 1. The number of carbonyl (C=O) groups is 4. The summed E-state index contributed by atoms with van der Waals surface area (Å²) in [5, 5.41) is 30.4.